The second-order valence-electron chi connectivity index (χ2n) is 7.27. The summed E-state index contributed by atoms with van der Waals surface area (Å²) in [6.07, 6.45) is 6.07. The number of amides is 1. The number of anilines is 1. The van der Waals surface area contributed by atoms with Crippen molar-refractivity contribution in [3.8, 4) is 0 Å². The molecule has 7 heteroatoms. The normalized spacial score (nSPS) is 13.1. The van der Waals surface area contributed by atoms with Crippen molar-refractivity contribution in [3.63, 3.8) is 0 Å². The maximum atomic E-state index is 12.5. The van der Waals surface area contributed by atoms with Crippen molar-refractivity contribution < 1.29 is 4.79 Å². The van der Waals surface area contributed by atoms with Gasteiger partial charge in [-0.1, -0.05) is 30.3 Å². The summed E-state index contributed by atoms with van der Waals surface area (Å²) in [5.74, 6) is 2.40. The highest BCUT2D eigenvalue weighted by Gasteiger charge is 2.25. The summed E-state index contributed by atoms with van der Waals surface area (Å²) >= 11 is 0. The number of carbonyl (C=O) groups excluding carboxylic acids is 1. The van der Waals surface area contributed by atoms with E-state index in [0.717, 1.165) is 36.6 Å². The molecule has 2 aromatic heterocycles. The molecule has 0 bridgehead atoms. The zero-order chi connectivity index (χ0) is 20.2. The number of carbonyl (C=O) groups is 1. The molecule has 29 heavy (non-hydrogen) atoms. The molecule has 0 radical (unpaired) electrons. The van der Waals surface area contributed by atoms with Crippen LogP contribution in [0.3, 0.4) is 0 Å². The highest BCUT2D eigenvalue weighted by molar-refractivity contribution is 5.96. The predicted octanol–water partition coefficient (Wildman–Crippen LogP) is 2.40. The zero-order valence-electron chi connectivity index (χ0n) is 16.9. The van der Waals surface area contributed by atoms with Crippen LogP contribution in [0.25, 0.3) is 0 Å². The van der Waals surface area contributed by atoms with E-state index in [2.05, 4.69) is 43.8 Å². The molecule has 0 saturated heterocycles. The minimum Gasteiger partial charge on any atom is -0.352 e. The number of aryl methyl sites for hydroxylation is 3. The van der Waals surface area contributed by atoms with E-state index in [1.54, 1.807) is 0 Å². The average molecular weight is 390 g/mol. The molecule has 3 aromatic rings. The number of benzene rings is 1. The van der Waals surface area contributed by atoms with Gasteiger partial charge in [0.05, 0.1) is 6.54 Å². The topological polar surface area (TPSA) is 75.9 Å². The van der Waals surface area contributed by atoms with E-state index in [4.69, 9.17) is 4.98 Å². The van der Waals surface area contributed by atoms with Gasteiger partial charge in [-0.2, -0.15) is 0 Å². The molecule has 1 amide bonds. The van der Waals surface area contributed by atoms with Crippen LogP contribution in [0.5, 0.6) is 0 Å². The highest BCUT2D eigenvalue weighted by atomic mass is 16.1. The van der Waals surface area contributed by atoms with Crippen molar-refractivity contribution in [3.05, 3.63) is 71.2 Å². The molecule has 3 heterocycles. The Hall–Kier alpha value is -3.22. The molecule has 150 valence electrons. The van der Waals surface area contributed by atoms with Crippen molar-refractivity contribution in [2.45, 2.75) is 39.3 Å². The predicted molar refractivity (Wildman–Crippen MR) is 112 cm³/mol. The molecule has 1 N–H and O–H groups in total. The van der Waals surface area contributed by atoms with Gasteiger partial charge in [0.1, 0.15) is 23.2 Å². The van der Waals surface area contributed by atoms with Crippen LogP contribution in [0.1, 0.15) is 40.2 Å². The highest BCUT2D eigenvalue weighted by Crippen LogP contribution is 2.24. The summed E-state index contributed by atoms with van der Waals surface area (Å²) in [5.41, 5.74) is 2.67. The molecule has 0 unspecified atom stereocenters. The number of aromatic nitrogens is 4. The van der Waals surface area contributed by atoms with Gasteiger partial charge in [0.25, 0.3) is 5.91 Å². The van der Waals surface area contributed by atoms with Gasteiger partial charge in [-0.05, 0) is 25.3 Å². The maximum Gasteiger partial charge on any atom is 0.270 e. The quantitative estimate of drug-likeness (QED) is 0.670. The van der Waals surface area contributed by atoms with Crippen LogP contribution in [0.15, 0.2) is 42.7 Å². The number of hydrogen-bond acceptors (Lipinski definition) is 5. The number of imidazole rings is 1. The molecule has 0 atom stereocenters. The Balaban J connectivity index is 1.64. The Bertz CT molecular complexity index is 998. The average Bonchev–Trinajstić information content (AvgIpc) is 3.20. The number of rotatable bonds is 7. The molecule has 0 fully saturated rings. The summed E-state index contributed by atoms with van der Waals surface area (Å²) in [4.78, 5) is 28.5. The lowest BCUT2D eigenvalue weighted by molar-refractivity contribution is 0.0940. The lowest BCUT2D eigenvalue weighted by Gasteiger charge is -2.25. The Kier molecular flexibility index (Phi) is 5.55. The largest absolute Gasteiger partial charge is 0.352 e. The van der Waals surface area contributed by atoms with Crippen molar-refractivity contribution >= 4 is 11.7 Å². The van der Waals surface area contributed by atoms with Crippen LogP contribution >= 0.6 is 0 Å². The fourth-order valence-electron chi connectivity index (χ4n) is 3.71. The first kappa shape index (κ1) is 19.1. The SMILES string of the molecule is CCn1ccnc1CN(C)c1nc(CCc2ccccc2)nc2c1CCNC2=O. The number of nitrogens with one attached hydrogen (secondary N) is 1. The number of hydrogen-bond donors (Lipinski definition) is 1. The third-order valence-corrected chi connectivity index (χ3v) is 5.27. The van der Waals surface area contributed by atoms with Gasteiger partial charge in [0.15, 0.2) is 0 Å². The first-order chi connectivity index (χ1) is 14.2. The fraction of sp³-hybridized carbons (Fsp3) is 0.364. The van der Waals surface area contributed by atoms with Gasteiger partial charge in [0.2, 0.25) is 0 Å². The summed E-state index contributed by atoms with van der Waals surface area (Å²) in [6, 6.07) is 10.3. The standard InChI is InChI=1S/C22H26N6O/c1-3-28-14-13-23-19(28)15-27(2)21-17-11-12-24-22(29)20(17)25-18(26-21)10-9-16-7-5-4-6-8-16/h4-8,13-14H,3,9-12,15H2,1-2H3,(H,24,29). The van der Waals surface area contributed by atoms with Crippen LogP contribution in [-0.2, 0) is 32.4 Å². The molecule has 1 aromatic carbocycles. The molecule has 4 rings (SSSR count). The minimum absolute atomic E-state index is 0.112. The lowest BCUT2D eigenvalue weighted by Crippen LogP contribution is -2.35. The third kappa shape index (κ3) is 4.13. The molecule has 0 spiro atoms. The zero-order valence-corrected chi connectivity index (χ0v) is 16.9. The molecule has 1 aliphatic rings. The van der Waals surface area contributed by atoms with E-state index < -0.39 is 0 Å². The Morgan fingerprint density at radius 3 is 2.79 bits per heavy atom. The third-order valence-electron chi connectivity index (χ3n) is 5.27. The van der Waals surface area contributed by atoms with Gasteiger partial charge < -0.3 is 14.8 Å². The number of nitrogens with zero attached hydrogens (tertiary/aromatic N) is 5. The van der Waals surface area contributed by atoms with E-state index in [1.165, 1.54) is 5.56 Å². The second-order valence-corrected chi connectivity index (χ2v) is 7.27. The summed E-state index contributed by atoms with van der Waals surface area (Å²) < 4.78 is 2.12. The molecule has 1 aliphatic heterocycles. The summed E-state index contributed by atoms with van der Waals surface area (Å²) in [5, 5.41) is 2.90. The molecule has 7 nitrogen and oxygen atoms in total. The van der Waals surface area contributed by atoms with E-state index in [9.17, 15) is 4.79 Å². The molecule has 0 saturated carbocycles. The first-order valence-electron chi connectivity index (χ1n) is 10.1. The van der Waals surface area contributed by atoms with Crippen molar-refractivity contribution in [1.29, 1.82) is 0 Å². The van der Waals surface area contributed by atoms with E-state index >= 15 is 0 Å². The van der Waals surface area contributed by atoms with Gasteiger partial charge in [-0.3, -0.25) is 4.79 Å². The van der Waals surface area contributed by atoms with Crippen LogP contribution in [0, 0.1) is 0 Å². The Morgan fingerprint density at radius 2 is 2.00 bits per heavy atom. The van der Waals surface area contributed by atoms with E-state index in [0.29, 0.717) is 31.0 Å². The fourth-order valence-corrected chi connectivity index (χ4v) is 3.71. The molecular formula is C22H26N6O. The molecule has 0 aliphatic carbocycles. The van der Waals surface area contributed by atoms with Crippen LogP contribution in [0.4, 0.5) is 5.82 Å². The van der Waals surface area contributed by atoms with Gasteiger partial charge in [-0.15, -0.1) is 0 Å². The summed E-state index contributed by atoms with van der Waals surface area (Å²) in [6.45, 7) is 4.21. The van der Waals surface area contributed by atoms with Crippen LogP contribution in [-0.4, -0.2) is 39.0 Å². The van der Waals surface area contributed by atoms with Gasteiger partial charge >= 0.3 is 0 Å². The minimum atomic E-state index is -0.112. The first-order valence-corrected chi connectivity index (χ1v) is 10.1. The molecular weight excluding hydrogens is 364 g/mol. The van der Waals surface area contributed by atoms with Crippen LogP contribution < -0.4 is 10.2 Å². The van der Waals surface area contributed by atoms with Crippen molar-refractivity contribution in [1.82, 2.24) is 24.8 Å². The van der Waals surface area contributed by atoms with Crippen molar-refractivity contribution in [2.24, 2.45) is 0 Å². The Labute approximate surface area is 170 Å². The Morgan fingerprint density at radius 1 is 1.17 bits per heavy atom. The summed E-state index contributed by atoms with van der Waals surface area (Å²) in [7, 11) is 2.00. The van der Waals surface area contributed by atoms with Crippen LogP contribution in [0.2, 0.25) is 0 Å². The second kappa shape index (κ2) is 8.43. The smallest absolute Gasteiger partial charge is 0.270 e. The maximum absolute atomic E-state index is 12.5. The van der Waals surface area contributed by atoms with E-state index in [-0.39, 0.29) is 5.91 Å². The van der Waals surface area contributed by atoms with Gasteiger partial charge in [-0.25, -0.2) is 15.0 Å². The van der Waals surface area contributed by atoms with Crippen molar-refractivity contribution in [2.75, 3.05) is 18.5 Å². The van der Waals surface area contributed by atoms with E-state index in [1.807, 2.05) is 37.6 Å². The lowest BCUT2D eigenvalue weighted by atomic mass is 10.0. The van der Waals surface area contributed by atoms with Gasteiger partial charge in [0, 0.05) is 44.5 Å². The monoisotopic (exact) mass is 390 g/mol. The number of fused-ring (bicyclic) bond motifs is 1.